The first-order valence-corrected chi connectivity index (χ1v) is 8.06. The normalized spacial score (nSPS) is 15.7. The second-order valence-electron chi connectivity index (χ2n) is 5.95. The minimum Gasteiger partial charge on any atom is -0.366 e. The third-order valence-electron chi connectivity index (χ3n) is 4.07. The zero-order valence-corrected chi connectivity index (χ0v) is 13.1. The zero-order chi connectivity index (χ0) is 14.9. The van der Waals surface area contributed by atoms with Crippen molar-refractivity contribution in [3.63, 3.8) is 0 Å². The van der Waals surface area contributed by atoms with Crippen LogP contribution in [0.5, 0.6) is 0 Å². The van der Waals surface area contributed by atoms with E-state index < -0.39 is 0 Å². The van der Waals surface area contributed by atoms with E-state index in [0.29, 0.717) is 6.54 Å². The summed E-state index contributed by atoms with van der Waals surface area (Å²) in [6.45, 7) is 4.46. The molecule has 0 aliphatic heterocycles. The molecule has 0 amide bonds. The van der Waals surface area contributed by atoms with Crippen molar-refractivity contribution in [1.82, 2.24) is 15.3 Å². The van der Waals surface area contributed by atoms with Crippen molar-refractivity contribution in [1.29, 1.82) is 0 Å². The lowest BCUT2D eigenvalue weighted by Gasteiger charge is -2.21. The summed E-state index contributed by atoms with van der Waals surface area (Å²) in [6, 6.07) is 4.16. The minimum atomic E-state index is 0.446. The first kappa shape index (κ1) is 16.0. The lowest BCUT2D eigenvalue weighted by molar-refractivity contribution is 0.342. The Balaban J connectivity index is 1.94. The van der Waals surface area contributed by atoms with Gasteiger partial charge in [-0.1, -0.05) is 25.3 Å². The van der Waals surface area contributed by atoms with Crippen LogP contribution in [0.3, 0.4) is 0 Å². The van der Waals surface area contributed by atoms with E-state index in [1.807, 2.05) is 25.4 Å². The van der Waals surface area contributed by atoms with Gasteiger partial charge in [-0.3, -0.25) is 4.98 Å². The summed E-state index contributed by atoms with van der Waals surface area (Å²) in [4.78, 5) is 7.64. The summed E-state index contributed by atoms with van der Waals surface area (Å²) in [6.07, 6.45) is 10.9. The van der Waals surface area contributed by atoms with Gasteiger partial charge in [0.15, 0.2) is 0 Å². The van der Waals surface area contributed by atoms with Gasteiger partial charge in [0.25, 0.3) is 0 Å². The molecule has 0 unspecified atom stereocenters. The molecule has 1 heterocycles. The molecule has 4 nitrogen and oxygen atoms in total. The Bertz CT molecular complexity index is 474. The first-order chi connectivity index (χ1) is 10.3. The molecule has 1 saturated carbocycles. The number of nitrogens with zero attached hydrogens (tertiary/aromatic N) is 1. The topological polar surface area (TPSA) is 66.7 Å². The number of hydrogen-bond donors (Lipinski definition) is 3. The minimum absolute atomic E-state index is 0.446. The van der Waals surface area contributed by atoms with Gasteiger partial charge < -0.3 is 16.0 Å². The number of aryl methyl sites for hydroxylation is 1. The van der Waals surface area contributed by atoms with Gasteiger partial charge in [0.05, 0.1) is 5.69 Å². The molecule has 1 aromatic heterocycles. The van der Waals surface area contributed by atoms with E-state index in [1.165, 1.54) is 37.7 Å². The highest BCUT2D eigenvalue weighted by molar-refractivity contribution is 5.11. The van der Waals surface area contributed by atoms with Crippen LogP contribution in [-0.4, -0.2) is 16.5 Å². The highest BCUT2D eigenvalue weighted by Crippen LogP contribution is 2.22. The fraction of sp³-hybridized carbons (Fsp3) is 0.588. The molecule has 4 heteroatoms. The van der Waals surface area contributed by atoms with Crippen molar-refractivity contribution >= 4 is 0 Å². The van der Waals surface area contributed by atoms with Gasteiger partial charge in [0.2, 0.25) is 0 Å². The molecule has 21 heavy (non-hydrogen) atoms. The number of aromatic amines is 1. The lowest BCUT2D eigenvalue weighted by atomic mass is 9.89. The summed E-state index contributed by atoms with van der Waals surface area (Å²) >= 11 is 0. The first-order valence-electron chi connectivity index (χ1n) is 8.06. The van der Waals surface area contributed by atoms with E-state index >= 15 is 0 Å². The maximum Gasteiger partial charge on any atom is 0.0702 e. The molecule has 0 atom stereocenters. The predicted molar refractivity (Wildman–Crippen MR) is 87.1 cm³/mol. The molecule has 1 fully saturated rings. The summed E-state index contributed by atoms with van der Waals surface area (Å²) in [7, 11) is 0. The van der Waals surface area contributed by atoms with Gasteiger partial charge >= 0.3 is 0 Å². The highest BCUT2D eigenvalue weighted by Gasteiger charge is 2.12. The van der Waals surface area contributed by atoms with Crippen molar-refractivity contribution in [2.24, 2.45) is 11.7 Å². The Labute approximate surface area is 127 Å². The number of nitrogens with one attached hydrogen (secondary N) is 2. The molecule has 4 N–H and O–H groups in total. The van der Waals surface area contributed by atoms with Gasteiger partial charge in [-0.2, -0.15) is 0 Å². The number of aromatic nitrogens is 2. The molecular formula is C17H28N4. The fourth-order valence-corrected chi connectivity index (χ4v) is 2.84. The van der Waals surface area contributed by atoms with E-state index in [2.05, 4.69) is 21.4 Å². The zero-order valence-electron chi connectivity index (χ0n) is 13.1. The molecule has 2 rings (SSSR count). The van der Waals surface area contributed by atoms with Crippen molar-refractivity contribution < 1.29 is 0 Å². The standard InChI is InChI=1S/C17H28N4/c1-14-7-8-16(12-20-13-17(9-18)21-14)11-19-10-15-5-3-2-4-6-15/h7-8,12-13,15,19-20H,2-6,9-11,18H2,1H3. The molecular weight excluding hydrogens is 260 g/mol. The second kappa shape index (κ2) is 8.80. The van der Waals surface area contributed by atoms with Crippen LogP contribution in [0.15, 0.2) is 24.5 Å². The van der Waals surface area contributed by atoms with Crippen LogP contribution in [0.4, 0.5) is 0 Å². The maximum atomic E-state index is 5.66. The van der Waals surface area contributed by atoms with Crippen LogP contribution >= 0.6 is 0 Å². The average Bonchev–Trinajstić information content (AvgIpc) is 2.59. The van der Waals surface area contributed by atoms with E-state index in [0.717, 1.165) is 30.4 Å². The quantitative estimate of drug-likeness (QED) is 0.780. The van der Waals surface area contributed by atoms with Gasteiger partial charge in [0, 0.05) is 31.2 Å². The Hall–Kier alpha value is -1.39. The third kappa shape index (κ3) is 5.86. The van der Waals surface area contributed by atoms with Crippen LogP contribution < -0.4 is 11.1 Å². The van der Waals surface area contributed by atoms with Crippen LogP contribution in [0.1, 0.15) is 49.1 Å². The smallest absolute Gasteiger partial charge is 0.0702 e. The Kier molecular flexibility index (Phi) is 6.70. The summed E-state index contributed by atoms with van der Waals surface area (Å²) < 4.78 is 0. The maximum absolute atomic E-state index is 5.66. The summed E-state index contributed by atoms with van der Waals surface area (Å²) in [5.41, 5.74) is 8.74. The van der Waals surface area contributed by atoms with Crippen LogP contribution in [0.2, 0.25) is 0 Å². The van der Waals surface area contributed by atoms with Gasteiger partial charge in [0.1, 0.15) is 0 Å². The number of nitrogens with two attached hydrogens (primary N) is 1. The summed E-state index contributed by atoms with van der Waals surface area (Å²) in [5.74, 6) is 0.861. The Morgan fingerprint density at radius 1 is 1.24 bits per heavy atom. The molecule has 0 radical (unpaired) electrons. The van der Waals surface area contributed by atoms with Crippen LogP contribution in [0, 0.1) is 12.8 Å². The van der Waals surface area contributed by atoms with E-state index in [1.54, 1.807) is 0 Å². The third-order valence-corrected chi connectivity index (χ3v) is 4.07. The van der Waals surface area contributed by atoms with Gasteiger partial charge in [-0.15, -0.1) is 0 Å². The number of rotatable bonds is 5. The Morgan fingerprint density at radius 3 is 2.81 bits per heavy atom. The van der Waals surface area contributed by atoms with Crippen molar-refractivity contribution in [2.45, 2.75) is 52.1 Å². The lowest BCUT2D eigenvalue weighted by Crippen LogP contribution is -2.24. The average molecular weight is 288 g/mol. The largest absolute Gasteiger partial charge is 0.366 e. The molecule has 0 spiro atoms. The van der Waals surface area contributed by atoms with Crippen molar-refractivity contribution in [3.05, 3.63) is 41.5 Å². The molecule has 1 aliphatic rings. The fourth-order valence-electron chi connectivity index (χ4n) is 2.84. The molecule has 1 aromatic rings. The molecule has 1 aliphatic carbocycles. The van der Waals surface area contributed by atoms with E-state index in [9.17, 15) is 0 Å². The monoisotopic (exact) mass is 288 g/mol. The van der Waals surface area contributed by atoms with Gasteiger partial charge in [-0.05, 0) is 43.9 Å². The molecule has 0 bridgehead atoms. The second-order valence-corrected chi connectivity index (χ2v) is 5.95. The number of H-pyrrole nitrogens is 1. The SMILES string of the molecule is Cc1ccc(CNCC2CCCCC2)c[nH]cc(CN)n1. The number of hydrogen-bond acceptors (Lipinski definition) is 3. The van der Waals surface area contributed by atoms with Crippen molar-refractivity contribution in [2.75, 3.05) is 6.54 Å². The van der Waals surface area contributed by atoms with Crippen molar-refractivity contribution in [3.8, 4) is 0 Å². The van der Waals surface area contributed by atoms with Crippen LogP contribution in [0.25, 0.3) is 0 Å². The summed E-state index contributed by atoms with van der Waals surface area (Å²) in [5, 5.41) is 3.59. The van der Waals surface area contributed by atoms with E-state index in [-0.39, 0.29) is 0 Å². The van der Waals surface area contributed by atoms with Gasteiger partial charge in [-0.25, -0.2) is 0 Å². The van der Waals surface area contributed by atoms with Crippen LogP contribution in [-0.2, 0) is 13.1 Å². The van der Waals surface area contributed by atoms with E-state index in [4.69, 9.17) is 5.73 Å². The molecule has 116 valence electrons. The molecule has 0 saturated heterocycles. The predicted octanol–water partition coefficient (Wildman–Crippen LogP) is 2.97. The highest BCUT2D eigenvalue weighted by atomic mass is 14.9. The Morgan fingerprint density at radius 2 is 2.05 bits per heavy atom. The molecule has 0 aromatic carbocycles.